The van der Waals surface area contributed by atoms with Gasteiger partial charge in [0.25, 0.3) is 0 Å². The topological polar surface area (TPSA) is 72.3 Å². The minimum atomic E-state index is -4.49. The largest absolute Gasteiger partial charge is 0.416 e. The van der Waals surface area contributed by atoms with Crippen LogP contribution in [0.15, 0.2) is 30.5 Å². The van der Waals surface area contributed by atoms with Gasteiger partial charge in [-0.3, -0.25) is 14.7 Å². The fourth-order valence-electron chi connectivity index (χ4n) is 4.24. The van der Waals surface area contributed by atoms with Crippen LogP contribution in [0.3, 0.4) is 0 Å². The van der Waals surface area contributed by atoms with Crippen molar-refractivity contribution in [3.05, 3.63) is 36.0 Å². The first-order valence-electron chi connectivity index (χ1n) is 10.0. The molecule has 0 saturated carbocycles. The van der Waals surface area contributed by atoms with Gasteiger partial charge in [0.1, 0.15) is 12.2 Å². The number of rotatable bonds is 4. The highest BCUT2D eigenvalue weighted by Gasteiger charge is 2.37. The third kappa shape index (κ3) is 4.56. The lowest BCUT2D eigenvalue weighted by Gasteiger charge is -2.23. The molecule has 1 aromatic heterocycles. The van der Waals surface area contributed by atoms with Crippen LogP contribution in [0.4, 0.5) is 23.2 Å². The number of pyridine rings is 1. The van der Waals surface area contributed by atoms with E-state index in [1.807, 2.05) is 11.0 Å². The van der Waals surface area contributed by atoms with Crippen molar-refractivity contribution in [2.45, 2.75) is 37.3 Å². The lowest BCUT2D eigenvalue weighted by molar-refractivity contribution is -0.137. The van der Waals surface area contributed by atoms with Crippen LogP contribution in [0.5, 0.6) is 0 Å². The number of hydrogen-bond acceptors (Lipinski definition) is 5. The second-order valence-corrected chi connectivity index (χ2v) is 7.98. The minimum absolute atomic E-state index is 0.0308. The van der Waals surface area contributed by atoms with Crippen LogP contribution in [-0.4, -0.2) is 65.1 Å². The Kier molecular flexibility index (Phi) is 5.71. The van der Waals surface area contributed by atoms with Gasteiger partial charge in [-0.1, -0.05) is 0 Å². The Balaban J connectivity index is 1.44. The molecule has 3 heterocycles. The second kappa shape index (κ2) is 8.30. The van der Waals surface area contributed by atoms with E-state index in [0.29, 0.717) is 30.6 Å². The zero-order valence-electron chi connectivity index (χ0n) is 16.6. The number of halogens is 4. The predicted molar refractivity (Wildman–Crippen MR) is 106 cm³/mol. The molecular formula is C21H21F4N5O. The Morgan fingerprint density at radius 3 is 2.87 bits per heavy atom. The first-order valence-corrected chi connectivity index (χ1v) is 10.0. The second-order valence-electron chi connectivity index (χ2n) is 7.98. The number of nitriles is 1. The van der Waals surface area contributed by atoms with E-state index >= 15 is 0 Å². The highest BCUT2D eigenvalue weighted by atomic mass is 19.4. The molecule has 0 aliphatic carbocycles. The standard InChI is InChI=1S/C21H21F4N5O/c22-14-8-16(9-26)30(10-14)20(31)12-29-5-3-15(11-29)28-19-7-13(21(23,24)25)6-18-17(19)2-1-4-27-18/h1-2,4,6-7,14-16,28H,3,5,8,10-12H2/t14-,15-,16?/m0/s1. The molecule has 2 aliphatic rings. The first-order chi connectivity index (χ1) is 14.7. The molecule has 2 aliphatic heterocycles. The number of likely N-dealkylation sites (tertiary alicyclic amines) is 2. The Morgan fingerprint density at radius 1 is 1.32 bits per heavy atom. The molecule has 1 unspecified atom stereocenters. The normalized spacial score (nSPS) is 24.5. The molecule has 1 N–H and O–H groups in total. The van der Waals surface area contributed by atoms with Crippen LogP contribution in [0.25, 0.3) is 10.9 Å². The fraction of sp³-hybridized carbons (Fsp3) is 0.476. The van der Waals surface area contributed by atoms with Gasteiger partial charge < -0.3 is 10.2 Å². The zero-order valence-corrected chi connectivity index (χ0v) is 16.6. The molecule has 1 amide bonds. The van der Waals surface area contributed by atoms with Crippen LogP contribution in [0, 0.1) is 11.3 Å². The van der Waals surface area contributed by atoms with Crippen LogP contribution in [0.2, 0.25) is 0 Å². The van der Waals surface area contributed by atoms with E-state index in [0.717, 1.165) is 12.1 Å². The van der Waals surface area contributed by atoms with Gasteiger partial charge in [-0.15, -0.1) is 0 Å². The molecule has 10 heteroatoms. The molecule has 2 saturated heterocycles. The number of nitrogens with zero attached hydrogens (tertiary/aromatic N) is 4. The lowest BCUT2D eigenvalue weighted by atomic mass is 10.1. The average Bonchev–Trinajstić information content (AvgIpc) is 3.33. The van der Waals surface area contributed by atoms with E-state index in [4.69, 9.17) is 5.26 Å². The molecule has 3 atom stereocenters. The molecule has 1 aromatic carbocycles. The van der Waals surface area contributed by atoms with Gasteiger partial charge in [0.2, 0.25) is 5.91 Å². The van der Waals surface area contributed by atoms with Crippen LogP contribution < -0.4 is 5.32 Å². The van der Waals surface area contributed by atoms with E-state index in [-0.39, 0.29) is 37.0 Å². The van der Waals surface area contributed by atoms with Gasteiger partial charge in [0.05, 0.1) is 30.2 Å². The fourth-order valence-corrected chi connectivity index (χ4v) is 4.24. The van der Waals surface area contributed by atoms with Crippen LogP contribution in [-0.2, 0) is 11.0 Å². The number of hydrogen-bond donors (Lipinski definition) is 1. The van der Waals surface area contributed by atoms with Crippen molar-refractivity contribution in [2.24, 2.45) is 0 Å². The van der Waals surface area contributed by atoms with Crippen molar-refractivity contribution >= 4 is 22.5 Å². The quantitative estimate of drug-likeness (QED) is 0.747. The first kappa shape index (κ1) is 21.3. The van der Waals surface area contributed by atoms with Crippen LogP contribution >= 0.6 is 0 Å². The Morgan fingerprint density at radius 2 is 2.13 bits per heavy atom. The molecule has 31 heavy (non-hydrogen) atoms. The third-order valence-electron chi connectivity index (χ3n) is 5.76. The van der Waals surface area contributed by atoms with Crippen molar-refractivity contribution in [1.82, 2.24) is 14.8 Å². The summed E-state index contributed by atoms with van der Waals surface area (Å²) >= 11 is 0. The zero-order chi connectivity index (χ0) is 22.2. The maximum absolute atomic E-state index is 13.6. The third-order valence-corrected chi connectivity index (χ3v) is 5.76. The monoisotopic (exact) mass is 435 g/mol. The van der Waals surface area contributed by atoms with Gasteiger partial charge in [0.15, 0.2) is 0 Å². The summed E-state index contributed by atoms with van der Waals surface area (Å²) < 4.78 is 53.5. The van der Waals surface area contributed by atoms with E-state index in [9.17, 15) is 22.4 Å². The summed E-state index contributed by atoms with van der Waals surface area (Å²) in [5, 5.41) is 12.9. The predicted octanol–water partition coefficient (Wildman–Crippen LogP) is 3.20. The number of amides is 1. The highest BCUT2D eigenvalue weighted by molar-refractivity contribution is 5.92. The smallest absolute Gasteiger partial charge is 0.380 e. The molecule has 4 rings (SSSR count). The number of nitrogens with one attached hydrogen (secondary N) is 1. The van der Waals surface area contributed by atoms with Gasteiger partial charge in [-0.05, 0) is 30.7 Å². The van der Waals surface area contributed by atoms with Gasteiger partial charge in [0, 0.05) is 42.8 Å². The summed E-state index contributed by atoms with van der Waals surface area (Å²) in [6, 6.07) is 6.55. The number of anilines is 1. The maximum Gasteiger partial charge on any atom is 0.416 e. The maximum atomic E-state index is 13.6. The molecular weight excluding hydrogens is 414 g/mol. The Hall–Kier alpha value is -2.93. The molecule has 164 valence electrons. The summed E-state index contributed by atoms with van der Waals surface area (Å²) in [7, 11) is 0. The average molecular weight is 435 g/mol. The van der Waals surface area contributed by atoms with Gasteiger partial charge >= 0.3 is 6.18 Å². The van der Waals surface area contributed by atoms with E-state index in [1.54, 1.807) is 12.1 Å². The number of alkyl halides is 4. The molecule has 2 fully saturated rings. The Labute approximate surface area is 176 Å². The Bertz CT molecular complexity index is 1020. The molecule has 0 radical (unpaired) electrons. The van der Waals surface area contributed by atoms with Gasteiger partial charge in [-0.25, -0.2) is 4.39 Å². The number of aromatic nitrogens is 1. The van der Waals surface area contributed by atoms with E-state index in [2.05, 4.69) is 10.3 Å². The van der Waals surface area contributed by atoms with Crippen molar-refractivity contribution in [2.75, 3.05) is 31.5 Å². The van der Waals surface area contributed by atoms with Crippen molar-refractivity contribution < 1.29 is 22.4 Å². The number of carbonyl (C=O) groups excluding carboxylic acids is 1. The summed E-state index contributed by atoms with van der Waals surface area (Å²) in [5.41, 5.74) is -0.175. The summed E-state index contributed by atoms with van der Waals surface area (Å²) in [6.07, 6.45) is -3.56. The van der Waals surface area contributed by atoms with Crippen molar-refractivity contribution in [3.8, 4) is 6.07 Å². The lowest BCUT2D eigenvalue weighted by Crippen LogP contribution is -2.42. The molecule has 0 spiro atoms. The van der Waals surface area contributed by atoms with Gasteiger partial charge in [-0.2, -0.15) is 18.4 Å². The molecule has 0 bridgehead atoms. The summed E-state index contributed by atoms with van der Waals surface area (Å²) in [5.74, 6) is -0.305. The number of benzene rings is 1. The molecule has 2 aromatic rings. The van der Waals surface area contributed by atoms with E-state index < -0.39 is 24.0 Å². The van der Waals surface area contributed by atoms with Crippen molar-refractivity contribution in [3.63, 3.8) is 0 Å². The highest BCUT2D eigenvalue weighted by Crippen LogP contribution is 2.35. The summed E-state index contributed by atoms with van der Waals surface area (Å²) in [6.45, 7) is 1.00. The molecule has 6 nitrogen and oxygen atoms in total. The SMILES string of the molecule is N#CC1C[C@H](F)CN1C(=O)CN1CC[C@H](Nc2cc(C(F)(F)F)cc3ncccc23)C1. The number of fused-ring (bicyclic) bond motifs is 1. The summed E-state index contributed by atoms with van der Waals surface area (Å²) in [4.78, 5) is 19.7. The van der Waals surface area contributed by atoms with E-state index in [1.165, 1.54) is 11.1 Å². The minimum Gasteiger partial charge on any atom is -0.380 e. The number of carbonyl (C=O) groups is 1. The van der Waals surface area contributed by atoms with Crippen LogP contribution in [0.1, 0.15) is 18.4 Å². The van der Waals surface area contributed by atoms with Crippen molar-refractivity contribution in [1.29, 1.82) is 5.26 Å².